The normalized spacial score (nSPS) is 16.6. The van der Waals surface area contributed by atoms with Crippen LogP contribution in [0.15, 0.2) is 22.6 Å². The summed E-state index contributed by atoms with van der Waals surface area (Å²) in [6.45, 7) is 24.6. The zero-order chi connectivity index (χ0) is 32.6. The molecule has 9 heteroatoms. The lowest BCUT2D eigenvalue weighted by Gasteiger charge is -2.39. The van der Waals surface area contributed by atoms with Crippen LogP contribution in [0.25, 0.3) is 6.08 Å². The van der Waals surface area contributed by atoms with Crippen molar-refractivity contribution in [2.24, 2.45) is 17.3 Å². The van der Waals surface area contributed by atoms with Crippen LogP contribution in [-0.2, 0) is 18.9 Å². The van der Waals surface area contributed by atoms with Crippen molar-refractivity contribution in [3.63, 3.8) is 0 Å². The van der Waals surface area contributed by atoms with E-state index in [1.807, 2.05) is 13.8 Å². The average Bonchev–Trinajstić information content (AvgIpc) is 3.31. The highest BCUT2D eigenvalue weighted by atomic mass is 32.1. The molecule has 0 fully saturated rings. The summed E-state index contributed by atoms with van der Waals surface area (Å²) in [5, 5.41) is 15.3. The number of ketones is 1. The number of Topliss-reactive ketones (excluding diaryl/α,β-unsaturated/α-hetero) is 1. The molecule has 0 radical (unpaired) electrons. The third-order valence-corrected chi connectivity index (χ3v) is 14.2. The highest BCUT2D eigenvalue weighted by Gasteiger charge is 2.43. The Morgan fingerprint density at radius 2 is 1.76 bits per heavy atom. The second-order valence-electron chi connectivity index (χ2n) is 14.0. The van der Waals surface area contributed by atoms with Crippen molar-refractivity contribution < 1.29 is 24.0 Å². The zero-order valence-electron chi connectivity index (χ0n) is 28.8. The third kappa shape index (κ3) is 10.8. The number of allylic oxidation sites excluding steroid dienone is 1. The summed E-state index contributed by atoms with van der Waals surface area (Å²) in [6.07, 6.45) is 6.98. The fourth-order valence-electron chi connectivity index (χ4n) is 4.71. The van der Waals surface area contributed by atoms with E-state index in [2.05, 4.69) is 70.2 Å². The van der Waals surface area contributed by atoms with Crippen LogP contribution in [0.3, 0.4) is 0 Å². The number of carbonyl (C=O) groups is 2. The minimum absolute atomic E-state index is 0.0151. The summed E-state index contributed by atoms with van der Waals surface area (Å²) in [6, 6.07) is 0. The number of nitrogens with zero attached hydrogens (tertiary/aromatic N) is 2. The van der Waals surface area contributed by atoms with Crippen LogP contribution in [0.1, 0.15) is 98.7 Å². The second-order valence-corrected chi connectivity index (χ2v) is 19.8. The number of hydrogen-bond donors (Lipinski definition) is 1. The number of aryl methyl sites for hydroxylation is 1. The van der Waals surface area contributed by atoms with Gasteiger partial charge in [-0.2, -0.15) is 0 Å². The molecule has 1 N–H and O–H groups in total. The van der Waals surface area contributed by atoms with Crippen molar-refractivity contribution in [2.45, 2.75) is 125 Å². The molecule has 1 aromatic heterocycles. The Labute approximate surface area is 260 Å². The van der Waals surface area contributed by atoms with E-state index < -0.39 is 31.7 Å². The molecule has 0 aliphatic heterocycles. The van der Waals surface area contributed by atoms with E-state index in [1.54, 1.807) is 32.1 Å². The van der Waals surface area contributed by atoms with E-state index >= 15 is 0 Å². The van der Waals surface area contributed by atoms with Crippen LogP contribution in [0.5, 0.6) is 0 Å². The number of thiazole rings is 1. The van der Waals surface area contributed by atoms with Gasteiger partial charge >= 0.3 is 0 Å². The number of hydroxylamine groups is 2. The van der Waals surface area contributed by atoms with Gasteiger partial charge in [0.05, 0.1) is 30.0 Å². The molecule has 0 spiro atoms. The van der Waals surface area contributed by atoms with Crippen LogP contribution < -0.4 is 0 Å². The molecule has 7 nitrogen and oxygen atoms in total. The highest BCUT2D eigenvalue weighted by molar-refractivity contribution is 7.09. The van der Waals surface area contributed by atoms with Crippen molar-refractivity contribution in [3.05, 3.63) is 33.3 Å². The van der Waals surface area contributed by atoms with Gasteiger partial charge in [-0.3, -0.25) is 14.4 Å². The van der Waals surface area contributed by atoms with Gasteiger partial charge in [0.2, 0.25) is 0 Å². The summed E-state index contributed by atoms with van der Waals surface area (Å²) in [7, 11) is 0.880. The van der Waals surface area contributed by atoms with Crippen molar-refractivity contribution in [2.75, 3.05) is 14.2 Å². The van der Waals surface area contributed by atoms with E-state index in [0.29, 0.717) is 0 Å². The predicted octanol–water partition coefficient (Wildman–Crippen LogP) is 8.00. The van der Waals surface area contributed by atoms with Crippen LogP contribution in [-0.4, -0.2) is 61.5 Å². The summed E-state index contributed by atoms with van der Waals surface area (Å²) < 4.78 is 6.88. The van der Waals surface area contributed by atoms with Crippen LogP contribution in [0.4, 0.5) is 0 Å². The lowest BCUT2D eigenvalue weighted by Crippen LogP contribution is -2.47. The first-order valence-electron chi connectivity index (χ1n) is 15.1. The number of aromatic nitrogens is 1. The van der Waals surface area contributed by atoms with E-state index in [1.165, 1.54) is 25.3 Å². The molecule has 1 aromatic rings. The molecule has 0 aliphatic carbocycles. The molecule has 0 bridgehead atoms. The summed E-state index contributed by atoms with van der Waals surface area (Å²) in [5.41, 5.74) is 2.18. The molecule has 240 valence electrons. The molecule has 0 saturated heterocycles. The lowest BCUT2D eigenvalue weighted by atomic mass is 9.76. The first kappa shape index (κ1) is 38.4. The Balaban J connectivity index is 2.87. The maximum Gasteiger partial charge on any atom is 0.258 e. The number of rotatable bonds is 16. The maximum atomic E-state index is 13.1. The molecule has 1 amide bonds. The monoisotopic (exact) mass is 622 g/mol. The van der Waals surface area contributed by atoms with Gasteiger partial charge in [0.1, 0.15) is 5.41 Å². The Hall–Kier alpha value is -1.65. The minimum Gasteiger partial charge on any atom is -0.410 e. The Morgan fingerprint density at radius 1 is 1.17 bits per heavy atom. The standard InChI is InChI=1S/C33H58N2O5SSi/c1-22(16-15-17-23(2)29(36)25(4)30(37)33(9,10)31(38)35(11)39-12)18-19-28(40-42(13,14)32(6,7)8)24(3)20-27-21-41-26(5)34-27/h18,20-21,23,25,28-29,36H,15-17,19H2,1-14H3/b22-18-,24-20+/t23-,25+,28-,29-/m0/s1. The Morgan fingerprint density at radius 3 is 2.26 bits per heavy atom. The van der Waals surface area contributed by atoms with Crippen molar-refractivity contribution in [1.82, 2.24) is 10.0 Å². The molecule has 1 rings (SSSR count). The number of aliphatic hydroxyl groups is 1. The fourth-order valence-corrected chi connectivity index (χ4v) is 6.63. The van der Waals surface area contributed by atoms with Crippen LogP contribution in [0.2, 0.25) is 18.1 Å². The molecule has 42 heavy (non-hydrogen) atoms. The van der Waals surface area contributed by atoms with Gasteiger partial charge in [-0.1, -0.05) is 46.3 Å². The number of hydrogen-bond acceptors (Lipinski definition) is 7. The quantitative estimate of drug-likeness (QED) is 0.0870. The number of carbonyl (C=O) groups excluding carboxylic acids is 2. The van der Waals surface area contributed by atoms with Crippen molar-refractivity contribution in [1.29, 1.82) is 0 Å². The van der Waals surface area contributed by atoms with E-state index in [0.717, 1.165) is 41.4 Å². The second kappa shape index (κ2) is 15.9. The van der Waals surface area contributed by atoms with Crippen LogP contribution >= 0.6 is 11.3 Å². The first-order chi connectivity index (χ1) is 19.1. The van der Waals surface area contributed by atoms with E-state index in [4.69, 9.17) is 9.26 Å². The molecular formula is C33H58N2O5SSi. The average molecular weight is 623 g/mol. The molecular weight excluding hydrogens is 565 g/mol. The number of aliphatic hydroxyl groups excluding tert-OH is 1. The highest BCUT2D eigenvalue weighted by Crippen LogP contribution is 2.39. The van der Waals surface area contributed by atoms with E-state index in [-0.39, 0.29) is 22.8 Å². The Kier molecular flexibility index (Phi) is 14.5. The van der Waals surface area contributed by atoms with Gasteiger partial charge in [0.25, 0.3) is 5.91 Å². The topological polar surface area (TPSA) is 89.0 Å². The first-order valence-corrected chi connectivity index (χ1v) is 18.9. The van der Waals surface area contributed by atoms with Crippen LogP contribution in [0, 0.1) is 24.2 Å². The molecule has 0 aromatic carbocycles. The van der Waals surface area contributed by atoms with Gasteiger partial charge < -0.3 is 9.53 Å². The van der Waals surface area contributed by atoms with E-state index in [9.17, 15) is 14.7 Å². The van der Waals surface area contributed by atoms with Gasteiger partial charge in [-0.15, -0.1) is 11.3 Å². The zero-order valence-corrected chi connectivity index (χ0v) is 30.6. The van der Waals surface area contributed by atoms with Crippen molar-refractivity contribution in [3.8, 4) is 0 Å². The van der Waals surface area contributed by atoms with Gasteiger partial charge in [-0.25, -0.2) is 10.0 Å². The number of amides is 1. The fraction of sp³-hybridized carbons (Fsp3) is 0.727. The molecule has 4 atom stereocenters. The molecule has 0 unspecified atom stereocenters. The maximum absolute atomic E-state index is 13.1. The third-order valence-electron chi connectivity index (χ3n) is 8.89. The minimum atomic E-state index is -1.99. The SMILES string of the molecule is CON(C)C(=O)C(C)(C)C(=O)[C@H](C)[C@@H](O)[C@@H](C)CCC/C(C)=C\C[C@H](O[Si](C)(C)C(C)(C)C)/C(C)=C/c1csc(C)n1. The smallest absolute Gasteiger partial charge is 0.258 e. The van der Waals surface area contributed by atoms with Gasteiger partial charge in [0, 0.05) is 18.3 Å². The summed E-state index contributed by atoms with van der Waals surface area (Å²) in [5.74, 6) is -1.45. The summed E-state index contributed by atoms with van der Waals surface area (Å²) >= 11 is 1.66. The summed E-state index contributed by atoms with van der Waals surface area (Å²) in [4.78, 5) is 35.4. The predicted molar refractivity (Wildman–Crippen MR) is 178 cm³/mol. The van der Waals surface area contributed by atoms with Crippen molar-refractivity contribution >= 4 is 37.4 Å². The van der Waals surface area contributed by atoms with Gasteiger partial charge in [0.15, 0.2) is 14.1 Å². The molecule has 0 saturated carbocycles. The Bertz CT molecular complexity index is 1100. The largest absolute Gasteiger partial charge is 0.410 e. The molecule has 0 aliphatic rings. The van der Waals surface area contributed by atoms with Gasteiger partial charge in [-0.05, 0) is 96.0 Å². The molecule has 1 heterocycles. The lowest BCUT2D eigenvalue weighted by molar-refractivity contribution is -0.181.